The summed E-state index contributed by atoms with van der Waals surface area (Å²) in [6.07, 6.45) is 2.64. The molecule has 0 radical (unpaired) electrons. The van der Waals surface area contributed by atoms with Crippen LogP contribution in [-0.4, -0.2) is 22.0 Å². The third-order valence-corrected chi connectivity index (χ3v) is 3.86. The summed E-state index contributed by atoms with van der Waals surface area (Å²) in [5.74, 6) is 0.605. The highest BCUT2D eigenvalue weighted by atomic mass is 16.5. The average Bonchev–Trinajstić information content (AvgIpc) is 2.92. The van der Waals surface area contributed by atoms with Gasteiger partial charge in [-0.2, -0.15) is 5.10 Å². The van der Waals surface area contributed by atoms with Crippen LogP contribution >= 0.6 is 0 Å². The molecule has 1 atom stereocenters. The first-order chi connectivity index (χ1) is 9.91. The molecule has 0 fully saturated rings. The molecule has 2 aromatic rings. The molecule has 0 aliphatic heterocycles. The molecule has 1 heterocycles. The molecule has 0 aliphatic rings. The van der Waals surface area contributed by atoms with Gasteiger partial charge in [0.1, 0.15) is 11.3 Å². The Hall–Kier alpha value is -1.81. The molecule has 0 aliphatic carbocycles. The van der Waals surface area contributed by atoms with Crippen molar-refractivity contribution in [3.63, 3.8) is 0 Å². The molecule has 1 aromatic carbocycles. The number of benzene rings is 1. The minimum atomic E-state index is -1.15. The molecule has 1 unspecified atom stereocenters. The van der Waals surface area contributed by atoms with Gasteiger partial charge in [0.05, 0.1) is 13.3 Å². The Labute approximate surface area is 126 Å². The van der Waals surface area contributed by atoms with E-state index in [-0.39, 0.29) is 6.04 Å². The number of ether oxygens (including phenoxy) is 1. The molecule has 21 heavy (non-hydrogen) atoms. The van der Waals surface area contributed by atoms with E-state index in [9.17, 15) is 5.11 Å². The number of aryl methyl sites for hydroxylation is 1. The average molecular weight is 288 g/mol. The molecular formula is C17H24N2O2. The number of aromatic nitrogens is 2. The highest BCUT2D eigenvalue weighted by molar-refractivity contribution is 5.40. The van der Waals surface area contributed by atoms with Gasteiger partial charge in [-0.3, -0.25) is 4.68 Å². The summed E-state index contributed by atoms with van der Waals surface area (Å²) in [6, 6.07) is 8.18. The molecule has 2 rings (SSSR count). The SMILES string of the molecule is CCc1ccc(C(C)(O)c2c(OC)cnn2C(C)C)cc1. The Bertz CT molecular complexity index is 598. The van der Waals surface area contributed by atoms with Crippen molar-refractivity contribution in [3.05, 3.63) is 47.3 Å². The number of hydrogen-bond donors (Lipinski definition) is 1. The predicted octanol–water partition coefficient (Wildman–Crippen LogP) is 3.29. The predicted molar refractivity (Wildman–Crippen MR) is 83.7 cm³/mol. The van der Waals surface area contributed by atoms with Gasteiger partial charge in [-0.15, -0.1) is 0 Å². The summed E-state index contributed by atoms with van der Waals surface area (Å²) in [5, 5.41) is 15.5. The maximum Gasteiger partial charge on any atom is 0.163 e. The van der Waals surface area contributed by atoms with Crippen LogP contribution < -0.4 is 4.74 Å². The van der Waals surface area contributed by atoms with Crippen LogP contribution in [0.15, 0.2) is 30.5 Å². The first-order valence-corrected chi connectivity index (χ1v) is 7.35. The van der Waals surface area contributed by atoms with Crippen LogP contribution in [-0.2, 0) is 12.0 Å². The van der Waals surface area contributed by atoms with Crippen LogP contribution in [0.5, 0.6) is 5.75 Å². The Morgan fingerprint density at radius 3 is 2.38 bits per heavy atom. The van der Waals surface area contributed by atoms with Crippen molar-refractivity contribution in [2.45, 2.75) is 45.8 Å². The lowest BCUT2D eigenvalue weighted by atomic mass is 9.90. The van der Waals surface area contributed by atoms with Gasteiger partial charge in [0, 0.05) is 6.04 Å². The monoisotopic (exact) mass is 288 g/mol. The molecule has 1 N–H and O–H groups in total. The van der Waals surface area contributed by atoms with Gasteiger partial charge in [0.25, 0.3) is 0 Å². The van der Waals surface area contributed by atoms with Gasteiger partial charge in [0.2, 0.25) is 0 Å². The molecule has 0 amide bonds. The van der Waals surface area contributed by atoms with Crippen molar-refractivity contribution in [2.24, 2.45) is 0 Å². The van der Waals surface area contributed by atoms with E-state index in [0.29, 0.717) is 11.4 Å². The van der Waals surface area contributed by atoms with Gasteiger partial charge >= 0.3 is 0 Å². The summed E-state index contributed by atoms with van der Waals surface area (Å²) in [7, 11) is 1.60. The molecule has 0 saturated heterocycles. The Morgan fingerprint density at radius 1 is 1.29 bits per heavy atom. The summed E-state index contributed by atoms with van der Waals surface area (Å²) in [6.45, 7) is 7.97. The molecule has 0 saturated carbocycles. The quantitative estimate of drug-likeness (QED) is 0.918. The van der Waals surface area contributed by atoms with Crippen LogP contribution in [0.1, 0.15) is 50.6 Å². The fourth-order valence-electron chi connectivity index (χ4n) is 2.55. The van der Waals surface area contributed by atoms with E-state index >= 15 is 0 Å². The Kier molecular flexibility index (Phi) is 4.37. The summed E-state index contributed by atoms with van der Waals surface area (Å²) in [4.78, 5) is 0. The highest BCUT2D eigenvalue weighted by Gasteiger charge is 2.34. The zero-order chi connectivity index (χ0) is 15.6. The van der Waals surface area contributed by atoms with Crippen LogP contribution in [0.2, 0.25) is 0 Å². The van der Waals surface area contributed by atoms with Gasteiger partial charge in [-0.25, -0.2) is 0 Å². The van der Waals surface area contributed by atoms with Crippen LogP contribution in [0.25, 0.3) is 0 Å². The van der Waals surface area contributed by atoms with Gasteiger partial charge in [-0.05, 0) is 38.3 Å². The molecule has 114 valence electrons. The van der Waals surface area contributed by atoms with E-state index in [0.717, 1.165) is 12.0 Å². The van der Waals surface area contributed by atoms with Crippen molar-refractivity contribution >= 4 is 0 Å². The molecule has 1 aromatic heterocycles. The molecular weight excluding hydrogens is 264 g/mol. The Morgan fingerprint density at radius 2 is 1.90 bits per heavy atom. The van der Waals surface area contributed by atoms with E-state index in [1.807, 2.05) is 42.8 Å². The zero-order valence-electron chi connectivity index (χ0n) is 13.4. The van der Waals surface area contributed by atoms with Crippen molar-refractivity contribution < 1.29 is 9.84 Å². The smallest absolute Gasteiger partial charge is 0.163 e. The molecule has 4 heteroatoms. The van der Waals surface area contributed by atoms with Crippen molar-refractivity contribution in [2.75, 3.05) is 7.11 Å². The zero-order valence-corrected chi connectivity index (χ0v) is 13.4. The van der Waals surface area contributed by atoms with E-state index in [4.69, 9.17) is 4.74 Å². The number of methoxy groups -OCH3 is 1. The fourth-order valence-corrected chi connectivity index (χ4v) is 2.55. The minimum Gasteiger partial charge on any atom is -0.493 e. The van der Waals surface area contributed by atoms with Gasteiger partial charge in [0.15, 0.2) is 5.75 Å². The second-order valence-electron chi connectivity index (χ2n) is 5.72. The first kappa shape index (κ1) is 15.6. The standard InChI is InChI=1S/C17H24N2O2/c1-6-13-7-9-14(10-8-13)17(4,20)16-15(21-5)11-18-19(16)12(2)3/h7-12,20H,6H2,1-5H3. The number of rotatable bonds is 5. The molecule has 0 bridgehead atoms. The van der Waals surface area contributed by atoms with Crippen LogP contribution in [0.4, 0.5) is 0 Å². The summed E-state index contributed by atoms with van der Waals surface area (Å²) < 4.78 is 7.20. The van der Waals surface area contributed by atoms with Gasteiger partial charge < -0.3 is 9.84 Å². The first-order valence-electron chi connectivity index (χ1n) is 7.35. The lowest BCUT2D eigenvalue weighted by Gasteiger charge is -2.27. The fraction of sp³-hybridized carbons (Fsp3) is 0.471. The third-order valence-electron chi connectivity index (χ3n) is 3.86. The van der Waals surface area contributed by atoms with Crippen LogP contribution in [0, 0.1) is 0 Å². The lowest BCUT2D eigenvalue weighted by Crippen LogP contribution is -2.28. The largest absolute Gasteiger partial charge is 0.493 e. The van der Waals surface area contributed by atoms with Gasteiger partial charge in [-0.1, -0.05) is 31.2 Å². The van der Waals surface area contributed by atoms with E-state index in [1.54, 1.807) is 20.2 Å². The summed E-state index contributed by atoms with van der Waals surface area (Å²) >= 11 is 0. The molecule has 4 nitrogen and oxygen atoms in total. The summed E-state index contributed by atoms with van der Waals surface area (Å²) in [5.41, 5.74) is 1.61. The van der Waals surface area contributed by atoms with Crippen LogP contribution in [0.3, 0.4) is 0 Å². The number of aliphatic hydroxyl groups is 1. The van der Waals surface area contributed by atoms with E-state index in [1.165, 1.54) is 5.56 Å². The highest BCUT2D eigenvalue weighted by Crippen LogP contribution is 2.36. The second-order valence-corrected chi connectivity index (χ2v) is 5.72. The van der Waals surface area contributed by atoms with E-state index in [2.05, 4.69) is 12.0 Å². The number of nitrogens with zero attached hydrogens (tertiary/aromatic N) is 2. The van der Waals surface area contributed by atoms with Crippen molar-refractivity contribution in [1.82, 2.24) is 9.78 Å². The normalized spacial score (nSPS) is 14.2. The maximum absolute atomic E-state index is 11.1. The Balaban J connectivity index is 2.53. The van der Waals surface area contributed by atoms with Crippen molar-refractivity contribution in [1.29, 1.82) is 0 Å². The van der Waals surface area contributed by atoms with E-state index < -0.39 is 5.60 Å². The molecule has 0 spiro atoms. The topological polar surface area (TPSA) is 47.3 Å². The lowest BCUT2D eigenvalue weighted by molar-refractivity contribution is 0.0868. The maximum atomic E-state index is 11.1. The van der Waals surface area contributed by atoms with Crippen molar-refractivity contribution in [3.8, 4) is 5.75 Å². The second kappa shape index (κ2) is 5.90. The minimum absolute atomic E-state index is 0.144. The number of hydrogen-bond acceptors (Lipinski definition) is 3. The third kappa shape index (κ3) is 2.81.